The van der Waals surface area contributed by atoms with Gasteiger partial charge in [0.15, 0.2) is 5.82 Å². The molecule has 6 rings (SSSR count). The van der Waals surface area contributed by atoms with Gasteiger partial charge < -0.3 is 0 Å². The first-order valence-corrected chi connectivity index (χ1v) is 15.9. The molecule has 0 radical (unpaired) electrons. The molecule has 2 atom stereocenters. The van der Waals surface area contributed by atoms with Gasteiger partial charge in [-0.15, -0.1) is 5.10 Å². The number of benzene rings is 3. The van der Waals surface area contributed by atoms with E-state index in [1.165, 1.54) is 10.4 Å². The maximum Gasteiger partial charge on any atom is 0.270 e. The van der Waals surface area contributed by atoms with Crippen LogP contribution >= 0.6 is 0 Å². The quantitative estimate of drug-likeness (QED) is 0.336. The predicted octanol–water partition coefficient (Wildman–Crippen LogP) is 3.07. The first-order valence-electron chi connectivity index (χ1n) is 12.8. The first kappa shape index (κ1) is 26.3. The Morgan fingerprint density at radius 1 is 0.975 bits per heavy atom. The zero-order valence-electron chi connectivity index (χ0n) is 21.5. The van der Waals surface area contributed by atoms with E-state index >= 15 is 0 Å². The van der Waals surface area contributed by atoms with E-state index in [1.54, 1.807) is 48.5 Å². The number of carbonyl (C=O) groups excluding carboxylic acids is 1. The number of nitrogens with zero attached hydrogens (tertiary/aromatic N) is 5. The summed E-state index contributed by atoms with van der Waals surface area (Å²) in [5.41, 5.74) is 1.34. The molecule has 0 spiro atoms. The van der Waals surface area contributed by atoms with Crippen LogP contribution in [-0.2, 0) is 30.6 Å². The fraction of sp³-hybridized carbons (Fsp3) is 0.259. The molecule has 1 saturated heterocycles. The number of H-pyrrole nitrogens is 1. The van der Waals surface area contributed by atoms with Crippen LogP contribution in [0.25, 0.3) is 22.2 Å². The number of nitrogens with one attached hydrogen (secondary N) is 1. The van der Waals surface area contributed by atoms with E-state index in [1.807, 2.05) is 25.1 Å². The summed E-state index contributed by atoms with van der Waals surface area (Å²) in [4.78, 5) is 13.6. The van der Waals surface area contributed by atoms with Gasteiger partial charge in [0.2, 0.25) is 15.9 Å². The highest BCUT2D eigenvalue weighted by molar-refractivity contribution is 7.90. The van der Waals surface area contributed by atoms with Crippen molar-refractivity contribution >= 4 is 36.7 Å². The summed E-state index contributed by atoms with van der Waals surface area (Å²) in [6.07, 6.45) is 2.49. The number of hydrogen-bond acceptors (Lipinski definition) is 8. The molecule has 1 N–H and O–H groups in total. The number of carbonyl (C=O) groups is 1. The van der Waals surface area contributed by atoms with Crippen molar-refractivity contribution in [3.8, 4) is 11.4 Å². The molecule has 3 heterocycles. The van der Waals surface area contributed by atoms with Gasteiger partial charge in [-0.25, -0.2) is 26.2 Å². The molecule has 4 aromatic rings. The van der Waals surface area contributed by atoms with Crippen LogP contribution in [-0.4, -0.2) is 64.6 Å². The smallest absolute Gasteiger partial charge is 0.270 e. The zero-order valence-corrected chi connectivity index (χ0v) is 23.1. The molecule has 11 nitrogen and oxygen atoms in total. The Morgan fingerprint density at radius 3 is 2.52 bits per heavy atom. The lowest BCUT2D eigenvalue weighted by molar-refractivity contribution is -0.127. The summed E-state index contributed by atoms with van der Waals surface area (Å²) in [5, 5.41) is 15.2. The monoisotopic (exact) mass is 578 g/mol. The second-order valence-corrected chi connectivity index (χ2v) is 13.6. The molecule has 2 aliphatic rings. The van der Waals surface area contributed by atoms with Crippen molar-refractivity contribution in [1.82, 2.24) is 29.2 Å². The molecule has 2 aliphatic heterocycles. The Labute approximate surface area is 231 Å². The summed E-state index contributed by atoms with van der Waals surface area (Å²) in [6, 6.07) is 18.0. The van der Waals surface area contributed by atoms with Gasteiger partial charge in [0.05, 0.1) is 28.3 Å². The van der Waals surface area contributed by atoms with Crippen LogP contribution in [0.15, 0.2) is 83.4 Å². The average Bonchev–Trinajstić information content (AvgIpc) is 3.67. The molecule has 1 fully saturated rings. The second-order valence-electron chi connectivity index (χ2n) is 9.86. The van der Waals surface area contributed by atoms with Crippen LogP contribution < -0.4 is 0 Å². The Kier molecular flexibility index (Phi) is 6.51. The fourth-order valence-electron chi connectivity index (χ4n) is 5.54. The van der Waals surface area contributed by atoms with E-state index in [-0.39, 0.29) is 22.9 Å². The third-order valence-corrected chi connectivity index (χ3v) is 10.8. The van der Waals surface area contributed by atoms with Crippen LogP contribution in [0.3, 0.4) is 0 Å². The van der Waals surface area contributed by atoms with Crippen LogP contribution in [0.1, 0.15) is 25.3 Å². The average molecular weight is 579 g/mol. The molecule has 1 amide bonds. The minimum Gasteiger partial charge on any atom is -0.273 e. The number of fused-ring (bicyclic) bond motifs is 2. The standard InChI is InChI=1S/C27H26N6O5S2/c1-2-6-23-25-24(33(27(23)34)40(37,38)22-12-11-19-8-3-4-9-20(19)16-22)13-14-32(25)39(35,36)17-18-7-5-10-21(15-18)26-28-30-31-29-26/h3-5,7-13,15-16,23,25H,2,6,14,17H2,1H3,(H,28,29,30,31)/t23-,25-/m1/s1. The molecule has 40 heavy (non-hydrogen) atoms. The Balaban J connectivity index is 1.33. The number of rotatable bonds is 8. The van der Waals surface area contributed by atoms with Crippen molar-refractivity contribution in [3.05, 3.63) is 84.1 Å². The molecule has 0 saturated carbocycles. The summed E-state index contributed by atoms with van der Waals surface area (Å²) >= 11 is 0. The second kappa shape index (κ2) is 9.91. The lowest BCUT2D eigenvalue weighted by Crippen LogP contribution is -2.41. The van der Waals surface area contributed by atoms with Gasteiger partial charge in [0.25, 0.3) is 10.0 Å². The minimum atomic E-state index is -4.27. The molecule has 206 valence electrons. The van der Waals surface area contributed by atoms with E-state index < -0.39 is 37.9 Å². The van der Waals surface area contributed by atoms with Crippen molar-refractivity contribution in [1.29, 1.82) is 0 Å². The van der Waals surface area contributed by atoms with Crippen molar-refractivity contribution in [2.24, 2.45) is 5.92 Å². The Bertz CT molecular complexity index is 1860. The molecule has 3 aromatic carbocycles. The van der Waals surface area contributed by atoms with Gasteiger partial charge >= 0.3 is 0 Å². The maximum absolute atomic E-state index is 13.9. The van der Waals surface area contributed by atoms with E-state index in [4.69, 9.17) is 0 Å². The van der Waals surface area contributed by atoms with Crippen LogP contribution in [0.4, 0.5) is 0 Å². The molecule has 0 bridgehead atoms. The summed E-state index contributed by atoms with van der Waals surface area (Å²) in [5.74, 6) is -1.34. The van der Waals surface area contributed by atoms with E-state index in [2.05, 4.69) is 20.6 Å². The lowest BCUT2D eigenvalue weighted by atomic mass is 9.97. The highest BCUT2D eigenvalue weighted by Crippen LogP contribution is 2.43. The fourth-order valence-corrected chi connectivity index (χ4v) is 8.77. The predicted molar refractivity (Wildman–Crippen MR) is 147 cm³/mol. The molecule has 1 aromatic heterocycles. The molecule has 0 aliphatic carbocycles. The summed E-state index contributed by atoms with van der Waals surface area (Å²) in [6.45, 7) is 1.86. The van der Waals surface area contributed by atoms with Gasteiger partial charge in [-0.3, -0.25) is 4.79 Å². The molecule has 0 unspecified atom stereocenters. The van der Waals surface area contributed by atoms with Crippen LogP contribution in [0, 0.1) is 5.92 Å². The number of aromatic amines is 1. The number of amides is 1. The van der Waals surface area contributed by atoms with Crippen molar-refractivity contribution in [3.63, 3.8) is 0 Å². The number of tetrazole rings is 1. The number of sulfonamides is 2. The highest BCUT2D eigenvalue weighted by atomic mass is 32.2. The van der Waals surface area contributed by atoms with Crippen LogP contribution in [0.2, 0.25) is 0 Å². The number of aromatic nitrogens is 4. The van der Waals surface area contributed by atoms with Crippen molar-refractivity contribution < 1.29 is 21.6 Å². The van der Waals surface area contributed by atoms with Crippen LogP contribution in [0.5, 0.6) is 0 Å². The van der Waals surface area contributed by atoms with E-state index in [0.717, 1.165) is 15.1 Å². The van der Waals surface area contributed by atoms with Gasteiger partial charge in [-0.2, -0.15) is 4.31 Å². The van der Waals surface area contributed by atoms with Crippen molar-refractivity contribution in [2.75, 3.05) is 6.54 Å². The maximum atomic E-state index is 13.9. The summed E-state index contributed by atoms with van der Waals surface area (Å²) in [7, 11) is -8.22. The van der Waals surface area contributed by atoms with Crippen molar-refractivity contribution in [2.45, 2.75) is 36.5 Å². The van der Waals surface area contributed by atoms with Gasteiger partial charge in [-0.1, -0.05) is 61.9 Å². The first-order chi connectivity index (χ1) is 19.2. The minimum absolute atomic E-state index is 0.0172. The molecule has 13 heteroatoms. The van der Waals surface area contributed by atoms with Gasteiger partial charge in [0, 0.05) is 12.1 Å². The topological polar surface area (TPSA) is 146 Å². The molecular formula is C27H26N6O5S2. The third-order valence-electron chi connectivity index (χ3n) is 7.34. The molecular weight excluding hydrogens is 552 g/mol. The Morgan fingerprint density at radius 2 is 1.77 bits per heavy atom. The van der Waals surface area contributed by atoms with Gasteiger partial charge in [-0.05, 0) is 57.5 Å². The third kappa shape index (κ3) is 4.39. The largest absolute Gasteiger partial charge is 0.273 e. The van der Waals surface area contributed by atoms with Gasteiger partial charge in [0.1, 0.15) is 0 Å². The highest BCUT2D eigenvalue weighted by Gasteiger charge is 2.55. The zero-order chi connectivity index (χ0) is 28.1. The summed E-state index contributed by atoms with van der Waals surface area (Å²) < 4.78 is 57.3. The Hall–Kier alpha value is -3.94. The normalized spacial score (nSPS) is 19.8. The SMILES string of the molecule is CCC[C@H]1C(=O)N(S(=O)(=O)c2ccc3ccccc3c2)C2=CCN(S(=O)(=O)Cc3cccc(-c4nnn[nH]4)c3)[C@@H]21. The number of hydrogen-bond donors (Lipinski definition) is 1. The van der Waals surface area contributed by atoms with E-state index in [0.29, 0.717) is 29.8 Å². The van der Waals surface area contributed by atoms with E-state index in [9.17, 15) is 21.6 Å². The lowest BCUT2D eigenvalue weighted by Gasteiger charge is -2.26.